The highest BCUT2D eigenvalue weighted by atomic mass is 16.5. The monoisotopic (exact) mass is 300 g/mol. The molecule has 4 nitrogen and oxygen atoms in total. The summed E-state index contributed by atoms with van der Waals surface area (Å²) in [5.41, 5.74) is 15.4. The number of nitrogens with two attached hydrogens (primary N) is 2. The topological polar surface area (TPSA) is 70.5 Å². The van der Waals surface area contributed by atoms with Gasteiger partial charge < -0.3 is 20.9 Å². The Morgan fingerprint density at radius 3 is 1.68 bits per heavy atom. The number of rotatable bonds is 6. The molecule has 0 aliphatic carbocycles. The van der Waals surface area contributed by atoms with Crippen LogP contribution >= 0.6 is 0 Å². The SMILES string of the molecule is CCCC(c1ccc(N)cc1OC)c1ccc(N)cc1OC. The highest BCUT2D eigenvalue weighted by molar-refractivity contribution is 5.56. The van der Waals surface area contributed by atoms with E-state index in [1.807, 2.05) is 36.4 Å². The van der Waals surface area contributed by atoms with Crippen molar-refractivity contribution >= 4 is 11.4 Å². The molecule has 2 rings (SSSR count). The summed E-state index contributed by atoms with van der Waals surface area (Å²) in [4.78, 5) is 0. The molecule has 0 aliphatic rings. The fraction of sp³-hybridized carbons (Fsp3) is 0.333. The van der Waals surface area contributed by atoms with Crippen molar-refractivity contribution in [3.05, 3.63) is 47.5 Å². The van der Waals surface area contributed by atoms with Crippen molar-refractivity contribution in [2.75, 3.05) is 25.7 Å². The fourth-order valence-electron chi connectivity index (χ4n) is 2.80. The van der Waals surface area contributed by atoms with Crippen molar-refractivity contribution in [1.29, 1.82) is 0 Å². The molecule has 4 heteroatoms. The predicted octanol–water partition coefficient (Wildman–Crippen LogP) is 3.80. The Balaban J connectivity index is 2.56. The molecule has 0 radical (unpaired) electrons. The normalized spacial score (nSPS) is 10.7. The number of hydrogen-bond donors (Lipinski definition) is 2. The smallest absolute Gasteiger partial charge is 0.124 e. The first kappa shape index (κ1) is 16.0. The quantitative estimate of drug-likeness (QED) is 0.796. The van der Waals surface area contributed by atoms with Gasteiger partial charge in [0.15, 0.2) is 0 Å². The molecule has 0 fully saturated rings. The molecule has 4 N–H and O–H groups in total. The minimum absolute atomic E-state index is 0.177. The second-order valence-corrected chi connectivity index (χ2v) is 5.34. The molecule has 0 spiro atoms. The van der Waals surface area contributed by atoms with Crippen LogP contribution in [0.15, 0.2) is 36.4 Å². The molecule has 0 unspecified atom stereocenters. The van der Waals surface area contributed by atoms with E-state index in [4.69, 9.17) is 20.9 Å². The third-order valence-corrected chi connectivity index (χ3v) is 3.84. The van der Waals surface area contributed by atoms with E-state index < -0.39 is 0 Å². The van der Waals surface area contributed by atoms with E-state index in [0.717, 1.165) is 35.5 Å². The lowest BCUT2D eigenvalue weighted by Gasteiger charge is -2.22. The van der Waals surface area contributed by atoms with Crippen LogP contribution in [0.25, 0.3) is 0 Å². The molecule has 0 heterocycles. The van der Waals surface area contributed by atoms with Crippen molar-refractivity contribution in [2.45, 2.75) is 25.7 Å². The first-order valence-electron chi connectivity index (χ1n) is 7.47. The van der Waals surface area contributed by atoms with Gasteiger partial charge in [0.2, 0.25) is 0 Å². The van der Waals surface area contributed by atoms with E-state index >= 15 is 0 Å². The van der Waals surface area contributed by atoms with Gasteiger partial charge in [-0.1, -0.05) is 25.5 Å². The van der Waals surface area contributed by atoms with E-state index in [1.165, 1.54) is 0 Å². The van der Waals surface area contributed by atoms with Gasteiger partial charge in [-0.15, -0.1) is 0 Å². The Morgan fingerprint density at radius 1 is 0.864 bits per heavy atom. The van der Waals surface area contributed by atoms with Gasteiger partial charge >= 0.3 is 0 Å². The number of hydrogen-bond acceptors (Lipinski definition) is 4. The third kappa shape index (κ3) is 3.27. The largest absolute Gasteiger partial charge is 0.496 e. The molecule has 0 aromatic heterocycles. The molecule has 0 saturated carbocycles. The first-order chi connectivity index (χ1) is 10.6. The Morgan fingerprint density at radius 2 is 1.32 bits per heavy atom. The molecule has 2 aromatic carbocycles. The molecular weight excluding hydrogens is 276 g/mol. The maximum absolute atomic E-state index is 5.87. The van der Waals surface area contributed by atoms with Crippen molar-refractivity contribution in [1.82, 2.24) is 0 Å². The average Bonchev–Trinajstić information content (AvgIpc) is 2.53. The summed E-state index contributed by atoms with van der Waals surface area (Å²) in [6.45, 7) is 2.17. The van der Waals surface area contributed by atoms with Crippen LogP contribution in [0.2, 0.25) is 0 Å². The summed E-state index contributed by atoms with van der Waals surface area (Å²) in [6.07, 6.45) is 2.03. The third-order valence-electron chi connectivity index (χ3n) is 3.84. The van der Waals surface area contributed by atoms with Crippen LogP contribution in [0.5, 0.6) is 11.5 Å². The minimum Gasteiger partial charge on any atom is -0.496 e. The highest BCUT2D eigenvalue weighted by Gasteiger charge is 2.21. The zero-order chi connectivity index (χ0) is 16.1. The number of anilines is 2. The van der Waals surface area contributed by atoms with Crippen LogP contribution < -0.4 is 20.9 Å². The van der Waals surface area contributed by atoms with Gasteiger partial charge in [-0.3, -0.25) is 0 Å². The summed E-state index contributed by atoms with van der Waals surface area (Å²) < 4.78 is 11.1. The van der Waals surface area contributed by atoms with E-state index in [9.17, 15) is 0 Å². The van der Waals surface area contributed by atoms with Crippen molar-refractivity contribution in [3.63, 3.8) is 0 Å². The van der Waals surface area contributed by atoms with Gasteiger partial charge in [-0.05, 0) is 18.6 Å². The maximum Gasteiger partial charge on any atom is 0.124 e. The van der Waals surface area contributed by atoms with Crippen LogP contribution in [-0.2, 0) is 0 Å². The van der Waals surface area contributed by atoms with Gasteiger partial charge in [-0.25, -0.2) is 0 Å². The Bertz CT molecular complexity index is 587. The molecule has 0 aliphatic heterocycles. The van der Waals surface area contributed by atoms with Gasteiger partial charge in [0, 0.05) is 40.6 Å². The van der Waals surface area contributed by atoms with Crippen molar-refractivity contribution in [2.24, 2.45) is 0 Å². The van der Waals surface area contributed by atoms with Crippen molar-refractivity contribution in [3.8, 4) is 11.5 Å². The lowest BCUT2D eigenvalue weighted by atomic mass is 9.86. The van der Waals surface area contributed by atoms with Crippen LogP contribution in [0, 0.1) is 0 Å². The summed E-state index contributed by atoms with van der Waals surface area (Å²) in [7, 11) is 3.34. The lowest BCUT2D eigenvalue weighted by molar-refractivity contribution is 0.398. The summed E-state index contributed by atoms with van der Waals surface area (Å²) in [5.74, 6) is 1.78. The second-order valence-electron chi connectivity index (χ2n) is 5.34. The number of methoxy groups -OCH3 is 2. The van der Waals surface area contributed by atoms with E-state index in [0.29, 0.717) is 11.4 Å². The highest BCUT2D eigenvalue weighted by Crippen LogP contribution is 2.40. The maximum atomic E-state index is 5.87. The second kappa shape index (κ2) is 7.07. The summed E-state index contributed by atoms with van der Waals surface area (Å²) >= 11 is 0. The molecule has 2 aromatic rings. The number of ether oxygens (including phenoxy) is 2. The Kier molecular flexibility index (Phi) is 5.15. The minimum atomic E-state index is 0.177. The number of benzene rings is 2. The average molecular weight is 300 g/mol. The van der Waals surface area contributed by atoms with Crippen LogP contribution in [-0.4, -0.2) is 14.2 Å². The van der Waals surface area contributed by atoms with Crippen LogP contribution in [0.3, 0.4) is 0 Å². The summed E-state index contributed by atoms with van der Waals surface area (Å²) in [6, 6.07) is 11.6. The van der Waals surface area contributed by atoms with Gasteiger partial charge in [0.25, 0.3) is 0 Å². The fourth-order valence-corrected chi connectivity index (χ4v) is 2.80. The molecule has 0 atom stereocenters. The van der Waals surface area contributed by atoms with Crippen molar-refractivity contribution < 1.29 is 9.47 Å². The van der Waals surface area contributed by atoms with E-state index in [1.54, 1.807) is 14.2 Å². The number of nitrogen functional groups attached to an aromatic ring is 2. The first-order valence-corrected chi connectivity index (χ1v) is 7.47. The lowest BCUT2D eigenvalue weighted by Crippen LogP contribution is -2.06. The van der Waals surface area contributed by atoms with Crippen LogP contribution in [0.4, 0.5) is 11.4 Å². The van der Waals surface area contributed by atoms with Gasteiger partial charge in [-0.2, -0.15) is 0 Å². The summed E-state index contributed by atoms with van der Waals surface area (Å²) in [5, 5.41) is 0. The Labute approximate surface area is 132 Å². The predicted molar refractivity (Wildman–Crippen MR) is 91.6 cm³/mol. The molecule has 0 bridgehead atoms. The molecule has 0 saturated heterocycles. The molecule has 0 amide bonds. The molecule has 118 valence electrons. The Hall–Kier alpha value is -2.36. The van der Waals surface area contributed by atoms with Gasteiger partial charge in [0.05, 0.1) is 14.2 Å². The zero-order valence-corrected chi connectivity index (χ0v) is 13.4. The standard InChI is InChI=1S/C18H24N2O2/c1-4-5-14(15-8-6-12(19)10-17(15)21-2)16-9-7-13(20)11-18(16)22-3/h6-11,14H,4-5,19-20H2,1-3H3. The van der Waals surface area contributed by atoms with E-state index in [2.05, 4.69) is 6.92 Å². The van der Waals surface area contributed by atoms with Crippen LogP contribution in [0.1, 0.15) is 36.8 Å². The van der Waals surface area contributed by atoms with E-state index in [-0.39, 0.29) is 5.92 Å². The van der Waals surface area contributed by atoms with Gasteiger partial charge in [0.1, 0.15) is 11.5 Å². The molecular formula is C18H24N2O2. The molecule has 22 heavy (non-hydrogen) atoms. The zero-order valence-electron chi connectivity index (χ0n) is 13.4.